The monoisotopic (exact) mass is 232 g/mol. The number of aldehydes is 1. The lowest BCUT2D eigenvalue weighted by molar-refractivity contribution is -0.135. The summed E-state index contributed by atoms with van der Waals surface area (Å²) in [5, 5.41) is 0. The van der Waals surface area contributed by atoms with Crippen molar-refractivity contribution in [3.63, 3.8) is 0 Å². The molecular weight excluding hydrogens is 216 g/mol. The summed E-state index contributed by atoms with van der Waals surface area (Å²) >= 11 is 0. The number of ether oxygens (including phenoxy) is 1. The summed E-state index contributed by atoms with van der Waals surface area (Å²) in [6.45, 7) is 0. The lowest BCUT2D eigenvalue weighted by Gasteiger charge is -2.09. The third-order valence-corrected chi connectivity index (χ3v) is 3.20. The second-order valence-electron chi connectivity index (χ2n) is 4.48. The molecule has 0 aromatic heterocycles. The summed E-state index contributed by atoms with van der Waals surface area (Å²) in [6.07, 6.45) is 5.83. The van der Waals surface area contributed by atoms with Crippen molar-refractivity contribution in [3.8, 4) is 5.75 Å². The summed E-state index contributed by atoms with van der Waals surface area (Å²) in [5.74, 6) is 0.600. The Labute approximate surface area is 101 Å². The first-order chi connectivity index (χ1) is 8.29. The zero-order valence-electron chi connectivity index (χ0n) is 9.72. The first-order valence-electron chi connectivity index (χ1n) is 6.04. The van der Waals surface area contributed by atoms with Gasteiger partial charge in [-0.05, 0) is 30.9 Å². The molecular formula is C14H16O3. The van der Waals surface area contributed by atoms with Gasteiger partial charge in [-0.3, -0.25) is 9.59 Å². The van der Waals surface area contributed by atoms with Gasteiger partial charge in [0.15, 0.2) is 6.29 Å². The zero-order chi connectivity index (χ0) is 12.1. The SMILES string of the molecule is O=Cc1ccccc1OC(=O)CC1CCCC1. The molecule has 0 radical (unpaired) electrons. The van der Waals surface area contributed by atoms with Crippen LogP contribution >= 0.6 is 0 Å². The summed E-state index contributed by atoms with van der Waals surface area (Å²) in [7, 11) is 0. The minimum absolute atomic E-state index is 0.230. The standard InChI is InChI=1S/C14H16O3/c15-10-12-7-3-4-8-13(12)17-14(16)9-11-5-1-2-6-11/h3-4,7-8,10-11H,1-2,5-6,9H2. The Morgan fingerprint density at radius 1 is 1.29 bits per heavy atom. The number of para-hydroxylation sites is 1. The highest BCUT2D eigenvalue weighted by molar-refractivity contribution is 5.82. The molecule has 0 bridgehead atoms. The van der Waals surface area contributed by atoms with Gasteiger partial charge in [-0.15, -0.1) is 0 Å². The third kappa shape index (κ3) is 3.16. The normalized spacial score (nSPS) is 15.8. The van der Waals surface area contributed by atoms with Crippen LogP contribution in [0.2, 0.25) is 0 Å². The van der Waals surface area contributed by atoms with Crippen molar-refractivity contribution in [2.75, 3.05) is 0 Å². The van der Waals surface area contributed by atoms with Gasteiger partial charge in [-0.2, -0.15) is 0 Å². The van der Waals surface area contributed by atoms with Gasteiger partial charge in [0, 0.05) is 6.42 Å². The molecule has 1 aromatic rings. The van der Waals surface area contributed by atoms with E-state index in [2.05, 4.69) is 0 Å². The molecule has 1 aromatic carbocycles. The van der Waals surface area contributed by atoms with Gasteiger partial charge in [-0.1, -0.05) is 25.0 Å². The van der Waals surface area contributed by atoms with Crippen LogP contribution < -0.4 is 4.74 Å². The molecule has 1 saturated carbocycles. The molecule has 3 nitrogen and oxygen atoms in total. The molecule has 0 amide bonds. The Kier molecular flexibility index (Phi) is 3.91. The van der Waals surface area contributed by atoms with Crippen LogP contribution in [0.5, 0.6) is 5.75 Å². The largest absolute Gasteiger partial charge is 0.426 e. The van der Waals surface area contributed by atoms with Crippen molar-refractivity contribution in [2.45, 2.75) is 32.1 Å². The molecule has 2 rings (SSSR count). The van der Waals surface area contributed by atoms with Crippen LogP contribution in [0.25, 0.3) is 0 Å². The van der Waals surface area contributed by atoms with Crippen molar-refractivity contribution < 1.29 is 14.3 Å². The second-order valence-corrected chi connectivity index (χ2v) is 4.48. The van der Waals surface area contributed by atoms with Crippen molar-refractivity contribution in [2.24, 2.45) is 5.92 Å². The summed E-state index contributed by atoms with van der Waals surface area (Å²) in [5.41, 5.74) is 0.423. The van der Waals surface area contributed by atoms with E-state index in [-0.39, 0.29) is 5.97 Å². The number of benzene rings is 1. The van der Waals surface area contributed by atoms with Gasteiger partial charge >= 0.3 is 5.97 Å². The van der Waals surface area contributed by atoms with Gasteiger partial charge in [0.1, 0.15) is 5.75 Å². The number of rotatable bonds is 4. The van der Waals surface area contributed by atoms with Crippen molar-refractivity contribution >= 4 is 12.3 Å². The number of esters is 1. The first-order valence-corrected chi connectivity index (χ1v) is 6.04. The predicted octanol–water partition coefficient (Wildman–Crippen LogP) is 2.98. The first kappa shape index (κ1) is 11.8. The van der Waals surface area contributed by atoms with Crippen LogP contribution in [0.3, 0.4) is 0 Å². The lowest BCUT2D eigenvalue weighted by atomic mass is 10.0. The molecule has 1 aliphatic rings. The molecule has 1 fully saturated rings. The summed E-state index contributed by atoms with van der Waals surface area (Å²) < 4.78 is 5.23. The molecule has 0 saturated heterocycles. The molecule has 0 unspecified atom stereocenters. The molecule has 90 valence electrons. The van der Waals surface area contributed by atoms with Crippen LogP contribution in [0.1, 0.15) is 42.5 Å². The predicted molar refractivity (Wildman–Crippen MR) is 64.0 cm³/mol. The minimum atomic E-state index is -0.230. The highest BCUT2D eigenvalue weighted by Gasteiger charge is 2.20. The maximum absolute atomic E-state index is 11.7. The van der Waals surface area contributed by atoms with Gasteiger partial charge in [0.2, 0.25) is 0 Å². The van der Waals surface area contributed by atoms with E-state index >= 15 is 0 Å². The number of carbonyl (C=O) groups excluding carboxylic acids is 2. The summed E-state index contributed by atoms with van der Waals surface area (Å²) in [6, 6.07) is 6.80. The van der Waals surface area contributed by atoms with E-state index in [4.69, 9.17) is 4.74 Å². The minimum Gasteiger partial charge on any atom is -0.426 e. The molecule has 0 spiro atoms. The fraction of sp³-hybridized carbons (Fsp3) is 0.429. The van der Waals surface area contributed by atoms with E-state index in [1.54, 1.807) is 24.3 Å². The molecule has 0 aliphatic heterocycles. The Hall–Kier alpha value is -1.64. The molecule has 1 aliphatic carbocycles. The summed E-state index contributed by atoms with van der Waals surface area (Å²) in [4.78, 5) is 22.5. The van der Waals surface area contributed by atoms with Gasteiger partial charge in [0.05, 0.1) is 5.56 Å². The average Bonchev–Trinajstić information content (AvgIpc) is 2.82. The van der Waals surface area contributed by atoms with E-state index in [1.165, 1.54) is 12.8 Å². The van der Waals surface area contributed by atoms with E-state index < -0.39 is 0 Å². The maximum atomic E-state index is 11.7. The van der Waals surface area contributed by atoms with Crippen molar-refractivity contribution in [1.29, 1.82) is 0 Å². The van der Waals surface area contributed by atoms with E-state index in [1.807, 2.05) is 0 Å². The van der Waals surface area contributed by atoms with Crippen LogP contribution in [0.15, 0.2) is 24.3 Å². The fourth-order valence-corrected chi connectivity index (χ4v) is 2.29. The zero-order valence-corrected chi connectivity index (χ0v) is 9.72. The highest BCUT2D eigenvalue weighted by Crippen LogP contribution is 2.28. The molecule has 0 N–H and O–H groups in total. The molecule has 0 atom stereocenters. The van der Waals surface area contributed by atoms with Gasteiger partial charge in [0.25, 0.3) is 0 Å². The number of hydrogen-bond acceptors (Lipinski definition) is 3. The molecule has 17 heavy (non-hydrogen) atoms. The maximum Gasteiger partial charge on any atom is 0.311 e. The Bertz CT molecular complexity index is 406. The quantitative estimate of drug-likeness (QED) is 0.455. The average molecular weight is 232 g/mol. The van der Waals surface area contributed by atoms with Crippen LogP contribution in [0, 0.1) is 5.92 Å². The van der Waals surface area contributed by atoms with E-state index in [0.717, 1.165) is 12.8 Å². The van der Waals surface area contributed by atoms with Gasteiger partial charge in [-0.25, -0.2) is 0 Å². The molecule has 0 heterocycles. The van der Waals surface area contributed by atoms with Gasteiger partial charge < -0.3 is 4.74 Å². The fourth-order valence-electron chi connectivity index (χ4n) is 2.29. The Morgan fingerprint density at radius 3 is 2.71 bits per heavy atom. The Balaban J connectivity index is 1.95. The smallest absolute Gasteiger partial charge is 0.311 e. The van der Waals surface area contributed by atoms with Crippen LogP contribution in [-0.4, -0.2) is 12.3 Å². The number of carbonyl (C=O) groups is 2. The topological polar surface area (TPSA) is 43.4 Å². The van der Waals surface area contributed by atoms with Crippen LogP contribution in [-0.2, 0) is 4.79 Å². The number of hydrogen-bond donors (Lipinski definition) is 0. The van der Waals surface area contributed by atoms with E-state index in [0.29, 0.717) is 29.9 Å². The van der Waals surface area contributed by atoms with Crippen molar-refractivity contribution in [1.82, 2.24) is 0 Å². The second kappa shape index (κ2) is 5.62. The van der Waals surface area contributed by atoms with Crippen molar-refractivity contribution in [3.05, 3.63) is 29.8 Å². The molecule has 3 heteroatoms. The third-order valence-electron chi connectivity index (χ3n) is 3.20. The highest BCUT2D eigenvalue weighted by atomic mass is 16.5. The van der Waals surface area contributed by atoms with Crippen LogP contribution in [0.4, 0.5) is 0 Å². The Morgan fingerprint density at radius 2 is 2.00 bits per heavy atom. The lowest BCUT2D eigenvalue weighted by Crippen LogP contribution is -2.13. The van der Waals surface area contributed by atoms with E-state index in [9.17, 15) is 9.59 Å².